The van der Waals surface area contributed by atoms with Gasteiger partial charge in [-0.3, -0.25) is 4.68 Å². The summed E-state index contributed by atoms with van der Waals surface area (Å²) in [6.45, 7) is 0.965. The molecule has 2 heterocycles. The van der Waals surface area contributed by atoms with Crippen LogP contribution >= 0.6 is 0 Å². The molecule has 0 unspecified atom stereocenters. The molecule has 1 N–H and O–H groups in total. The smallest absolute Gasteiger partial charge is 0.357 e. The topological polar surface area (TPSA) is 73.6 Å². The van der Waals surface area contributed by atoms with Gasteiger partial charge in [0, 0.05) is 17.3 Å². The fourth-order valence-electron chi connectivity index (χ4n) is 3.39. The molecule has 4 rings (SSSR count). The number of carboxylic acid groups (broad SMARTS) is 1. The van der Waals surface area contributed by atoms with Crippen molar-refractivity contribution in [1.82, 2.24) is 9.78 Å². The van der Waals surface area contributed by atoms with Crippen molar-refractivity contribution in [2.45, 2.75) is 31.7 Å². The molecule has 1 fully saturated rings. The van der Waals surface area contributed by atoms with E-state index in [-0.39, 0.29) is 5.69 Å². The summed E-state index contributed by atoms with van der Waals surface area (Å²) in [6, 6.07) is 5.83. The number of carboxylic acids is 1. The second-order valence-corrected chi connectivity index (χ2v) is 5.94. The number of para-hydroxylation sites is 1. The lowest BCUT2D eigenvalue weighted by Crippen LogP contribution is -2.16. The van der Waals surface area contributed by atoms with Gasteiger partial charge in [-0.05, 0) is 18.9 Å². The van der Waals surface area contributed by atoms with Gasteiger partial charge in [0.25, 0.3) is 0 Å². The van der Waals surface area contributed by atoms with Crippen LogP contribution in [-0.2, 0) is 0 Å². The largest absolute Gasteiger partial charge is 0.486 e. The molecular formula is C17H18N2O4. The van der Waals surface area contributed by atoms with Crippen molar-refractivity contribution in [2.24, 2.45) is 0 Å². The highest BCUT2D eigenvalue weighted by molar-refractivity contribution is 5.95. The maximum absolute atomic E-state index is 11.6. The molecule has 1 aliphatic carbocycles. The summed E-state index contributed by atoms with van der Waals surface area (Å²) in [7, 11) is 0. The average Bonchev–Trinajstić information content (AvgIpc) is 3.23. The van der Waals surface area contributed by atoms with E-state index in [9.17, 15) is 9.90 Å². The van der Waals surface area contributed by atoms with E-state index in [0.29, 0.717) is 36.3 Å². The minimum atomic E-state index is -1.02. The summed E-state index contributed by atoms with van der Waals surface area (Å²) in [6.07, 6.45) is 6.27. The molecule has 0 amide bonds. The van der Waals surface area contributed by atoms with Gasteiger partial charge in [-0.1, -0.05) is 25.0 Å². The number of nitrogens with zero attached hydrogens (tertiary/aromatic N) is 2. The molecule has 1 aliphatic heterocycles. The molecule has 0 atom stereocenters. The summed E-state index contributed by atoms with van der Waals surface area (Å²) >= 11 is 0. The molecule has 1 aromatic carbocycles. The molecule has 0 radical (unpaired) electrons. The Bertz CT molecular complexity index is 747. The zero-order valence-electron chi connectivity index (χ0n) is 12.7. The average molecular weight is 314 g/mol. The van der Waals surface area contributed by atoms with E-state index in [1.165, 1.54) is 12.8 Å². The lowest BCUT2D eigenvalue weighted by atomic mass is 10.0. The fraction of sp³-hybridized carbons (Fsp3) is 0.412. The molecule has 0 bridgehead atoms. The Morgan fingerprint density at radius 3 is 2.74 bits per heavy atom. The first-order valence-electron chi connectivity index (χ1n) is 7.95. The first-order valence-corrected chi connectivity index (χ1v) is 7.95. The minimum absolute atomic E-state index is 0.0690. The third kappa shape index (κ3) is 2.44. The monoisotopic (exact) mass is 314 g/mol. The predicted octanol–water partition coefficient (Wildman–Crippen LogP) is 3.13. The summed E-state index contributed by atoms with van der Waals surface area (Å²) in [4.78, 5) is 11.6. The normalized spacial score (nSPS) is 17.4. The molecule has 0 saturated heterocycles. The highest BCUT2D eigenvalue weighted by Crippen LogP contribution is 2.41. The molecule has 2 aromatic rings. The van der Waals surface area contributed by atoms with E-state index in [2.05, 4.69) is 5.10 Å². The quantitative estimate of drug-likeness (QED) is 0.942. The van der Waals surface area contributed by atoms with Crippen molar-refractivity contribution in [2.75, 3.05) is 13.2 Å². The van der Waals surface area contributed by atoms with Crippen LogP contribution in [0.1, 0.15) is 42.2 Å². The van der Waals surface area contributed by atoms with Crippen molar-refractivity contribution >= 4 is 5.97 Å². The number of carbonyl (C=O) groups is 1. The predicted molar refractivity (Wildman–Crippen MR) is 83.1 cm³/mol. The molecular weight excluding hydrogens is 296 g/mol. The van der Waals surface area contributed by atoms with E-state index >= 15 is 0 Å². The van der Waals surface area contributed by atoms with Crippen LogP contribution in [0.4, 0.5) is 0 Å². The summed E-state index contributed by atoms with van der Waals surface area (Å²) in [5.74, 6) is 0.233. The van der Waals surface area contributed by atoms with Crippen molar-refractivity contribution < 1.29 is 19.4 Å². The number of ether oxygens (including phenoxy) is 2. The second-order valence-electron chi connectivity index (χ2n) is 5.94. The van der Waals surface area contributed by atoms with E-state index in [1.807, 2.05) is 29.1 Å². The Kier molecular flexibility index (Phi) is 3.44. The number of hydrogen-bond acceptors (Lipinski definition) is 4. The van der Waals surface area contributed by atoms with Gasteiger partial charge in [-0.15, -0.1) is 0 Å². The SMILES string of the molecule is O=C(O)c1nn(C2CCCC2)cc1-c1cccc2c1OCCO2. The maximum atomic E-state index is 11.6. The minimum Gasteiger partial charge on any atom is -0.486 e. The lowest BCUT2D eigenvalue weighted by Gasteiger charge is -2.20. The Morgan fingerprint density at radius 1 is 1.17 bits per heavy atom. The Balaban J connectivity index is 1.83. The van der Waals surface area contributed by atoms with Crippen molar-refractivity contribution in [3.63, 3.8) is 0 Å². The van der Waals surface area contributed by atoms with Gasteiger partial charge < -0.3 is 14.6 Å². The highest BCUT2D eigenvalue weighted by Gasteiger charge is 2.26. The molecule has 1 aromatic heterocycles. The number of aromatic nitrogens is 2. The second kappa shape index (κ2) is 5.61. The number of hydrogen-bond donors (Lipinski definition) is 1. The van der Waals surface area contributed by atoms with E-state index in [4.69, 9.17) is 9.47 Å². The van der Waals surface area contributed by atoms with Gasteiger partial charge in [0.15, 0.2) is 17.2 Å². The van der Waals surface area contributed by atoms with Gasteiger partial charge in [-0.25, -0.2) is 4.79 Å². The van der Waals surface area contributed by atoms with Gasteiger partial charge >= 0.3 is 5.97 Å². The first kappa shape index (κ1) is 14.1. The van der Waals surface area contributed by atoms with Crippen LogP contribution in [-0.4, -0.2) is 34.1 Å². The van der Waals surface area contributed by atoms with E-state index in [1.54, 1.807) is 0 Å². The molecule has 2 aliphatic rings. The van der Waals surface area contributed by atoms with Crippen molar-refractivity contribution in [3.8, 4) is 22.6 Å². The Labute approximate surface area is 133 Å². The van der Waals surface area contributed by atoms with Crippen LogP contribution in [0.3, 0.4) is 0 Å². The van der Waals surface area contributed by atoms with E-state index in [0.717, 1.165) is 18.4 Å². The van der Waals surface area contributed by atoms with Crippen LogP contribution < -0.4 is 9.47 Å². The lowest BCUT2D eigenvalue weighted by molar-refractivity contribution is 0.0690. The standard InChI is InChI=1S/C17H18N2O4/c20-17(21)15-13(10-19(18-15)11-4-1-2-5-11)12-6-3-7-14-16(12)23-9-8-22-14/h3,6-7,10-11H,1-2,4-5,8-9H2,(H,20,21). The summed E-state index contributed by atoms with van der Waals surface area (Å²) in [5, 5.41) is 13.9. The molecule has 6 heteroatoms. The molecule has 1 saturated carbocycles. The van der Waals surface area contributed by atoms with Crippen molar-refractivity contribution in [3.05, 3.63) is 30.1 Å². The van der Waals surface area contributed by atoms with Gasteiger partial charge in [-0.2, -0.15) is 5.10 Å². The molecule has 23 heavy (non-hydrogen) atoms. The Morgan fingerprint density at radius 2 is 1.96 bits per heavy atom. The zero-order valence-corrected chi connectivity index (χ0v) is 12.7. The molecule has 6 nitrogen and oxygen atoms in total. The molecule has 120 valence electrons. The highest BCUT2D eigenvalue weighted by atomic mass is 16.6. The van der Waals surface area contributed by atoms with Crippen LogP contribution in [0, 0.1) is 0 Å². The third-order valence-corrected chi connectivity index (χ3v) is 4.49. The molecule has 0 spiro atoms. The number of benzene rings is 1. The van der Waals surface area contributed by atoms with Crippen LogP contribution in [0.2, 0.25) is 0 Å². The number of aromatic carboxylic acids is 1. The Hall–Kier alpha value is -2.50. The van der Waals surface area contributed by atoms with Crippen LogP contribution in [0.15, 0.2) is 24.4 Å². The van der Waals surface area contributed by atoms with Crippen LogP contribution in [0.25, 0.3) is 11.1 Å². The van der Waals surface area contributed by atoms with Gasteiger partial charge in [0.2, 0.25) is 0 Å². The zero-order chi connectivity index (χ0) is 15.8. The maximum Gasteiger partial charge on any atom is 0.357 e. The number of rotatable bonds is 3. The summed E-state index contributed by atoms with van der Waals surface area (Å²) < 4.78 is 13.1. The van der Waals surface area contributed by atoms with Crippen LogP contribution in [0.5, 0.6) is 11.5 Å². The summed E-state index contributed by atoms with van der Waals surface area (Å²) in [5.41, 5.74) is 1.38. The van der Waals surface area contributed by atoms with Crippen molar-refractivity contribution in [1.29, 1.82) is 0 Å². The third-order valence-electron chi connectivity index (χ3n) is 4.49. The van der Waals surface area contributed by atoms with Gasteiger partial charge in [0.05, 0.1) is 6.04 Å². The number of fused-ring (bicyclic) bond motifs is 1. The van der Waals surface area contributed by atoms with E-state index < -0.39 is 5.97 Å². The van der Waals surface area contributed by atoms with Gasteiger partial charge in [0.1, 0.15) is 13.2 Å². The fourth-order valence-corrected chi connectivity index (χ4v) is 3.39. The first-order chi connectivity index (χ1) is 11.2.